The second-order valence-corrected chi connectivity index (χ2v) is 6.97. The van der Waals surface area contributed by atoms with Gasteiger partial charge in [0.1, 0.15) is 17.2 Å². The monoisotopic (exact) mass is 361 g/mol. The van der Waals surface area contributed by atoms with E-state index < -0.39 is 0 Å². The Labute approximate surface area is 159 Å². The summed E-state index contributed by atoms with van der Waals surface area (Å²) < 4.78 is 11.7. The summed E-state index contributed by atoms with van der Waals surface area (Å²) in [6.45, 7) is 4.77. The quantitative estimate of drug-likeness (QED) is 0.713. The maximum absolute atomic E-state index is 10.2. The van der Waals surface area contributed by atoms with Crippen molar-refractivity contribution in [1.29, 1.82) is 0 Å². The maximum Gasteiger partial charge on any atom is 0.131 e. The topological polar surface area (TPSA) is 51.0 Å². The Morgan fingerprint density at radius 2 is 1.81 bits per heavy atom. The molecule has 0 atom stereocenters. The normalized spacial score (nSPS) is 13.0. The average Bonchev–Trinajstić information content (AvgIpc) is 2.68. The van der Waals surface area contributed by atoms with Gasteiger partial charge in [0, 0.05) is 18.3 Å². The molecule has 0 saturated heterocycles. The van der Waals surface area contributed by atoms with Crippen molar-refractivity contribution >= 4 is 17.0 Å². The Bertz CT molecular complexity index is 1040. The lowest BCUT2D eigenvalue weighted by atomic mass is 9.89. The predicted molar refractivity (Wildman–Crippen MR) is 110 cm³/mol. The number of phenolic OH excluding ortho intramolecular Hbond substituents is 1. The molecule has 1 heterocycles. The number of aliphatic imine (C=N–C) groups is 1. The molecule has 0 aliphatic carbocycles. The Hall–Kier alpha value is -3.01. The third kappa shape index (κ3) is 3.01. The Morgan fingerprint density at radius 1 is 1.00 bits per heavy atom. The number of methoxy groups -OCH3 is 1. The number of benzene rings is 3. The summed E-state index contributed by atoms with van der Waals surface area (Å²) in [6.07, 6.45) is 2.66. The third-order valence-electron chi connectivity index (χ3n) is 4.88. The van der Waals surface area contributed by atoms with Crippen molar-refractivity contribution in [2.45, 2.75) is 26.4 Å². The Morgan fingerprint density at radius 3 is 2.59 bits per heavy atom. The number of phenols is 1. The first-order valence-corrected chi connectivity index (χ1v) is 9.21. The fourth-order valence-corrected chi connectivity index (χ4v) is 3.75. The molecule has 4 heteroatoms. The fraction of sp³-hybridized carbons (Fsp3) is 0.261. The number of rotatable bonds is 4. The highest BCUT2D eigenvalue weighted by Gasteiger charge is 2.19. The zero-order valence-electron chi connectivity index (χ0n) is 15.8. The average molecular weight is 361 g/mol. The van der Waals surface area contributed by atoms with Gasteiger partial charge in [-0.05, 0) is 60.5 Å². The van der Waals surface area contributed by atoms with Gasteiger partial charge in [0.15, 0.2) is 0 Å². The van der Waals surface area contributed by atoms with E-state index in [1.165, 1.54) is 0 Å². The van der Waals surface area contributed by atoms with Gasteiger partial charge in [-0.2, -0.15) is 0 Å². The number of aromatic hydroxyl groups is 1. The molecule has 0 saturated carbocycles. The van der Waals surface area contributed by atoms with E-state index in [0.29, 0.717) is 0 Å². The fourth-order valence-electron chi connectivity index (χ4n) is 3.75. The Kier molecular flexibility index (Phi) is 4.48. The van der Waals surface area contributed by atoms with Gasteiger partial charge in [-0.1, -0.05) is 24.3 Å². The highest BCUT2D eigenvalue weighted by Crippen LogP contribution is 2.42. The van der Waals surface area contributed by atoms with Crippen molar-refractivity contribution in [3.8, 4) is 28.4 Å². The molecule has 1 aliphatic heterocycles. The van der Waals surface area contributed by atoms with Gasteiger partial charge in [-0.3, -0.25) is 4.99 Å². The van der Waals surface area contributed by atoms with Gasteiger partial charge < -0.3 is 14.6 Å². The van der Waals surface area contributed by atoms with Crippen LogP contribution in [0, 0.1) is 0 Å². The van der Waals surface area contributed by atoms with E-state index in [-0.39, 0.29) is 11.9 Å². The van der Waals surface area contributed by atoms with E-state index >= 15 is 0 Å². The van der Waals surface area contributed by atoms with E-state index in [2.05, 4.69) is 17.1 Å². The SMILES string of the molecule is COc1cccc2c(-c3ccc(O)c4c3CCN=C4)ccc(OC(C)C)c12. The smallest absolute Gasteiger partial charge is 0.131 e. The summed E-state index contributed by atoms with van der Waals surface area (Å²) in [6, 6.07) is 13.9. The minimum Gasteiger partial charge on any atom is -0.507 e. The van der Waals surface area contributed by atoms with Gasteiger partial charge >= 0.3 is 0 Å². The summed E-state index contributed by atoms with van der Waals surface area (Å²) in [5, 5.41) is 12.3. The maximum atomic E-state index is 10.2. The number of hydrogen-bond acceptors (Lipinski definition) is 4. The standard InChI is InChI=1S/C23H23NO3/c1-14(2)27-22-10-8-16(18-5-4-6-21(26-3)23(18)22)15-7-9-20(25)19-13-24-12-11-17(15)19/h4-10,13-14,25H,11-12H2,1-3H3. The molecular formula is C23H23NO3. The van der Waals surface area contributed by atoms with E-state index in [1.54, 1.807) is 19.4 Å². The third-order valence-corrected chi connectivity index (χ3v) is 4.88. The van der Waals surface area contributed by atoms with Crippen LogP contribution in [-0.2, 0) is 6.42 Å². The van der Waals surface area contributed by atoms with Crippen LogP contribution in [0.25, 0.3) is 21.9 Å². The van der Waals surface area contributed by atoms with Crippen molar-refractivity contribution in [2.24, 2.45) is 4.99 Å². The minimum atomic E-state index is 0.0709. The van der Waals surface area contributed by atoms with Crippen molar-refractivity contribution in [2.75, 3.05) is 13.7 Å². The number of hydrogen-bond donors (Lipinski definition) is 1. The molecule has 1 aliphatic rings. The van der Waals surface area contributed by atoms with E-state index in [4.69, 9.17) is 9.47 Å². The molecule has 0 radical (unpaired) electrons. The van der Waals surface area contributed by atoms with Crippen LogP contribution >= 0.6 is 0 Å². The predicted octanol–water partition coefficient (Wildman–Crippen LogP) is 4.98. The van der Waals surface area contributed by atoms with E-state index in [1.807, 2.05) is 38.1 Å². The van der Waals surface area contributed by atoms with Crippen LogP contribution in [-0.4, -0.2) is 31.1 Å². The zero-order valence-corrected chi connectivity index (χ0v) is 15.8. The lowest BCUT2D eigenvalue weighted by Crippen LogP contribution is -2.07. The molecule has 1 N–H and O–H groups in total. The molecule has 0 aromatic heterocycles. The molecule has 3 aromatic carbocycles. The first kappa shape index (κ1) is 17.4. The summed E-state index contributed by atoms with van der Waals surface area (Å²) in [5.41, 5.74) is 4.17. The Balaban J connectivity index is 2.01. The molecular weight excluding hydrogens is 338 g/mol. The molecule has 0 fully saturated rings. The lowest BCUT2D eigenvalue weighted by molar-refractivity contribution is 0.245. The second kappa shape index (κ2) is 6.95. The van der Waals surface area contributed by atoms with Gasteiger partial charge in [0.25, 0.3) is 0 Å². The van der Waals surface area contributed by atoms with Crippen LogP contribution in [0.1, 0.15) is 25.0 Å². The molecule has 0 unspecified atom stereocenters. The highest BCUT2D eigenvalue weighted by molar-refractivity contribution is 6.05. The molecule has 138 valence electrons. The summed E-state index contributed by atoms with van der Waals surface area (Å²) in [4.78, 5) is 4.33. The van der Waals surface area contributed by atoms with Gasteiger partial charge in [0.05, 0.1) is 18.6 Å². The zero-order chi connectivity index (χ0) is 19.0. The number of nitrogens with zero attached hydrogens (tertiary/aromatic N) is 1. The van der Waals surface area contributed by atoms with Crippen LogP contribution in [0.4, 0.5) is 0 Å². The van der Waals surface area contributed by atoms with Crippen molar-refractivity contribution in [3.63, 3.8) is 0 Å². The second-order valence-electron chi connectivity index (χ2n) is 6.97. The number of fused-ring (bicyclic) bond motifs is 2. The van der Waals surface area contributed by atoms with Crippen LogP contribution in [0.5, 0.6) is 17.2 Å². The molecule has 0 spiro atoms. The van der Waals surface area contributed by atoms with E-state index in [9.17, 15) is 5.11 Å². The van der Waals surface area contributed by atoms with Crippen LogP contribution in [0.2, 0.25) is 0 Å². The van der Waals surface area contributed by atoms with Crippen molar-refractivity contribution < 1.29 is 14.6 Å². The van der Waals surface area contributed by atoms with Crippen LogP contribution in [0.3, 0.4) is 0 Å². The summed E-state index contributed by atoms with van der Waals surface area (Å²) >= 11 is 0. The van der Waals surface area contributed by atoms with Crippen molar-refractivity contribution in [3.05, 3.63) is 53.6 Å². The summed E-state index contributed by atoms with van der Waals surface area (Å²) in [5.74, 6) is 1.88. The number of ether oxygens (including phenoxy) is 2. The van der Waals surface area contributed by atoms with Crippen molar-refractivity contribution in [1.82, 2.24) is 0 Å². The van der Waals surface area contributed by atoms with Gasteiger partial charge in [-0.15, -0.1) is 0 Å². The molecule has 0 amide bonds. The molecule has 3 aromatic rings. The molecule has 4 rings (SSSR count). The van der Waals surface area contributed by atoms with E-state index in [0.717, 1.165) is 57.5 Å². The molecule has 0 bridgehead atoms. The largest absolute Gasteiger partial charge is 0.507 e. The first-order chi connectivity index (χ1) is 13.1. The lowest BCUT2D eigenvalue weighted by Gasteiger charge is -2.20. The van der Waals surface area contributed by atoms with Crippen LogP contribution < -0.4 is 9.47 Å². The highest BCUT2D eigenvalue weighted by atomic mass is 16.5. The van der Waals surface area contributed by atoms with Gasteiger partial charge in [0.2, 0.25) is 0 Å². The minimum absolute atomic E-state index is 0.0709. The first-order valence-electron chi connectivity index (χ1n) is 9.21. The van der Waals surface area contributed by atoms with Crippen LogP contribution in [0.15, 0.2) is 47.5 Å². The van der Waals surface area contributed by atoms with Gasteiger partial charge in [-0.25, -0.2) is 0 Å². The summed E-state index contributed by atoms with van der Waals surface area (Å²) in [7, 11) is 1.68. The molecule has 4 nitrogen and oxygen atoms in total. The molecule has 27 heavy (non-hydrogen) atoms.